The number of carbonyl (C=O) groups excluding carboxylic acids is 3. The molecule has 8 nitrogen and oxygen atoms in total. The number of hydrogen-bond donors (Lipinski definition) is 2. The van der Waals surface area contributed by atoms with Crippen LogP contribution >= 0.6 is 0 Å². The summed E-state index contributed by atoms with van der Waals surface area (Å²) in [5, 5.41) is 21.6. The van der Waals surface area contributed by atoms with Crippen molar-refractivity contribution in [2.24, 2.45) is 0 Å². The Morgan fingerprint density at radius 2 is 1.43 bits per heavy atom. The summed E-state index contributed by atoms with van der Waals surface area (Å²) in [6.45, 7) is 2.18. The van der Waals surface area contributed by atoms with Gasteiger partial charge >= 0.3 is 17.9 Å². The average molecular weight is 402 g/mol. The Morgan fingerprint density at radius 3 is 1.89 bits per heavy atom. The van der Waals surface area contributed by atoms with Gasteiger partial charge < -0.3 is 24.4 Å². The van der Waals surface area contributed by atoms with Gasteiger partial charge in [0.1, 0.15) is 0 Å². The van der Waals surface area contributed by atoms with E-state index in [2.05, 4.69) is 16.4 Å². The van der Waals surface area contributed by atoms with Crippen molar-refractivity contribution in [3.05, 3.63) is 0 Å². The summed E-state index contributed by atoms with van der Waals surface area (Å²) in [6, 6.07) is 0. The predicted molar refractivity (Wildman–Crippen MR) is 100 cm³/mol. The number of hydrogen-bond acceptors (Lipinski definition) is 8. The van der Waals surface area contributed by atoms with E-state index in [0.717, 1.165) is 33.5 Å². The van der Waals surface area contributed by atoms with Gasteiger partial charge in [-0.3, -0.25) is 0 Å². The maximum absolute atomic E-state index is 12.2. The summed E-state index contributed by atoms with van der Waals surface area (Å²) in [7, 11) is 2.01. The van der Waals surface area contributed by atoms with E-state index in [4.69, 9.17) is 4.74 Å². The molecule has 162 valence electrons. The van der Waals surface area contributed by atoms with Gasteiger partial charge in [0.25, 0.3) is 0 Å². The van der Waals surface area contributed by atoms with Crippen LogP contribution in [0.4, 0.5) is 0 Å². The molecular weight excluding hydrogens is 368 g/mol. The highest BCUT2D eigenvalue weighted by molar-refractivity contribution is 6.02. The first-order valence-electron chi connectivity index (χ1n) is 10.1. The first-order valence-corrected chi connectivity index (χ1v) is 10.1. The molecule has 0 spiro atoms. The molecule has 0 radical (unpaired) electrons. The van der Waals surface area contributed by atoms with Crippen LogP contribution in [0.15, 0.2) is 0 Å². The van der Waals surface area contributed by atoms with Gasteiger partial charge in [-0.25, -0.2) is 14.4 Å². The number of esters is 3. The van der Waals surface area contributed by atoms with Crippen LogP contribution in [0.2, 0.25) is 0 Å². The smallest absolute Gasteiger partial charge is 0.351 e. The number of rotatable bonds is 13. The third kappa shape index (κ3) is 5.23. The summed E-state index contributed by atoms with van der Waals surface area (Å²) >= 11 is 0. The zero-order valence-corrected chi connectivity index (χ0v) is 17.2. The molecule has 0 aromatic carbocycles. The van der Waals surface area contributed by atoms with E-state index in [0.29, 0.717) is 12.8 Å². The lowest BCUT2D eigenvalue weighted by molar-refractivity contribution is -0.199. The standard InChI is InChI=1S/C20H34O8/c1-4-5-6-7-8-9-10-11-12-13-14-19(24)17(22)28-15(16(21)26-2)20(19,25)18(23)27-3/h15,24-25H,4-14H2,1-3H3/t15-,19+,20-/m1/s1. The molecule has 28 heavy (non-hydrogen) atoms. The molecule has 1 fully saturated rings. The first kappa shape index (κ1) is 24.4. The second-order valence-electron chi connectivity index (χ2n) is 7.36. The molecule has 2 N–H and O–H groups in total. The van der Waals surface area contributed by atoms with Crippen LogP contribution in [0.3, 0.4) is 0 Å². The number of ether oxygens (including phenoxy) is 3. The van der Waals surface area contributed by atoms with Gasteiger partial charge in [-0.2, -0.15) is 0 Å². The van der Waals surface area contributed by atoms with Crippen molar-refractivity contribution in [2.75, 3.05) is 14.2 Å². The van der Waals surface area contributed by atoms with Crippen molar-refractivity contribution in [3.63, 3.8) is 0 Å². The Bertz CT molecular complexity index is 534. The highest BCUT2D eigenvalue weighted by atomic mass is 16.6. The van der Waals surface area contributed by atoms with Crippen LogP contribution in [-0.4, -0.2) is 59.6 Å². The van der Waals surface area contributed by atoms with Gasteiger partial charge in [0, 0.05) is 0 Å². The molecule has 8 heteroatoms. The number of carbonyl (C=O) groups is 3. The SMILES string of the molecule is CCCCCCCCCCCC[C@]1(O)C(=O)O[C@H](C(=O)OC)[C@@]1(O)C(=O)OC. The van der Waals surface area contributed by atoms with Crippen molar-refractivity contribution in [1.29, 1.82) is 0 Å². The molecule has 1 aliphatic rings. The van der Waals surface area contributed by atoms with Gasteiger partial charge in [0.05, 0.1) is 14.2 Å². The van der Waals surface area contributed by atoms with E-state index in [1.165, 1.54) is 32.1 Å². The molecular formula is C20H34O8. The van der Waals surface area contributed by atoms with Gasteiger partial charge in [-0.1, -0.05) is 64.7 Å². The fourth-order valence-electron chi connectivity index (χ4n) is 3.58. The van der Waals surface area contributed by atoms with Gasteiger partial charge in [-0.15, -0.1) is 0 Å². The van der Waals surface area contributed by atoms with Crippen LogP contribution in [0.1, 0.15) is 77.6 Å². The second-order valence-corrected chi connectivity index (χ2v) is 7.36. The zero-order valence-electron chi connectivity index (χ0n) is 17.2. The average Bonchev–Trinajstić information content (AvgIpc) is 2.90. The van der Waals surface area contributed by atoms with Crippen molar-refractivity contribution in [3.8, 4) is 0 Å². The normalized spacial score (nSPS) is 26.8. The van der Waals surface area contributed by atoms with E-state index in [1.54, 1.807) is 0 Å². The molecule has 1 aliphatic heterocycles. The van der Waals surface area contributed by atoms with E-state index in [1.807, 2.05) is 0 Å². The summed E-state index contributed by atoms with van der Waals surface area (Å²) < 4.78 is 13.8. The Balaban J connectivity index is 2.58. The minimum Gasteiger partial charge on any atom is -0.467 e. The van der Waals surface area contributed by atoms with Crippen molar-refractivity contribution >= 4 is 17.9 Å². The number of cyclic esters (lactones) is 1. The number of aliphatic hydroxyl groups is 2. The van der Waals surface area contributed by atoms with Gasteiger partial charge in [-0.05, 0) is 12.8 Å². The largest absolute Gasteiger partial charge is 0.467 e. The zero-order chi connectivity index (χ0) is 21.2. The van der Waals surface area contributed by atoms with Crippen LogP contribution in [0.5, 0.6) is 0 Å². The number of methoxy groups -OCH3 is 2. The molecule has 3 atom stereocenters. The van der Waals surface area contributed by atoms with Crippen molar-refractivity contribution in [1.82, 2.24) is 0 Å². The van der Waals surface area contributed by atoms with Crippen LogP contribution in [-0.2, 0) is 28.6 Å². The Hall–Kier alpha value is -1.67. The lowest BCUT2D eigenvalue weighted by Gasteiger charge is -2.32. The minimum absolute atomic E-state index is 0.221. The first-order chi connectivity index (χ1) is 13.3. The van der Waals surface area contributed by atoms with Crippen LogP contribution < -0.4 is 0 Å². The summed E-state index contributed by atoms with van der Waals surface area (Å²) in [6.07, 6.45) is 8.18. The summed E-state index contributed by atoms with van der Waals surface area (Å²) in [4.78, 5) is 36.2. The van der Waals surface area contributed by atoms with Crippen molar-refractivity contribution < 1.29 is 38.8 Å². The predicted octanol–water partition coefficient (Wildman–Crippen LogP) is 2.03. The fourth-order valence-corrected chi connectivity index (χ4v) is 3.58. The summed E-state index contributed by atoms with van der Waals surface area (Å²) in [5.41, 5.74) is -5.40. The topological polar surface area (TPSA) is 119 Å². The van der Waals surface area contributed by atoms with E-state index in [-0.39, 0.29) is 6.42 Å². The fraction of sp³-hybridized carbons (Fsp3) is 0.850. The minimum atomic E-state index is -2.84. The van der Waals surface area contributed by atoms with Crippen molar-refractivity contribution in [2.45, 2.75) is 94.9 Å². The molecule has 1 rings (SSSR count). The maximum Gasteiger partial charge on any atom is 0.351 e. The van der Waals surface area contributed by atoms with E-state index >= 15 is 0 Å². The Morgan fingerprint density at radius 1 is 0.929 bits per heavy atom. The molecule has 0 amide bonds. The molecule has 1 heterocycles. The molecule has 0 aliphatic carbocycles. The number of unbranched alkanes of at least 4 members (excludes halogenated alkanes) is 9. The van der Waals surface area contributed by atoms with Gasteiger partial charge in [0.15, 0.2) is 0 Å². The summed E-state index contributed by atoms with van der Waals surface area (Å²) in [5.74, 6) is -3.68. The second kappa shape index (κ2) is 11.4. The van der Waals surface area contributed by atoms with E-state index in [9.17, 15) is 24.6 Å². The Labute approximate surface area is 166 Å². The quantitative estimate of drug-likeness (QED) is 0.273. The highest BCUT2D eigenvalue weighted by Crippen LogP contribution is 2.41. The van der Waals surface area contributed by atoms with E-state index < -0.39 is 35.2 Å². The third-order valence-electron chi connectivity index (χ3n) is 5.38. The van der Waals surface area contributed by atoms with Crippen LogP contribution in [0.25, 0.3) is 0 Å². The molecule has 0 aromatic heterocycles. The molecule has 1 saturated heterocycles. The van der Waals surface area contributed by atoms with Crippen LogP contribution in [0, 0.1) is 0 Å². The van der Waals surface area contributed by atoms with Gasteiger partial charge in [0.2, 0.25) is 17.3 Å². The molecule has 0 unspecified atom stereocenters. The monoisotopic (exact) mass is 402 g/mol. The third-order valence-corrected chi connectivity index (χ3v) is 5.38. The lowest BCUT2D eigenvalue weighted by atomic mass is 9.77. The Kier molecular flexibility index (Phi) is 9.89. The molecule has 0 aromatic rings. The molecule has 0 saturated carbocycles. The highest BCUT2D eigenvalue weighted by Gasteiger charge is 2.74. The lowest BCUT2D eigenvalue weighted by Crippen LogP contribution is -2.65. The maximum atomic E-state index is 12.2. The molecule has 0 bridgehead atoms.